The first kappa shape index (κ1) is 10.8. The average molecular weight is 213 g/mol. The zero-order valence-corrected chi connectivity index (χ0v) is 10.1. The highest BCUT2D eigenvalue weighted by atomic mass is 32.2. The fourth-order valence-electron chi connectivity index (χ4n) is 2.59. The van der Waals surface area contributed by atoms with Crippen LogP contribution in [-0.4, -0.2) is 24.1 Å². The molecule has 1 aliphatic carbocycles. The summed E-state index contributed by atoms with van der Waals surface area (Å²) in [5.41, 5.74) is 0. The van der Waals surface area contributed by atoms with Crippen molar-refractivity contribution in [1.82, 2.24) is 5.32 Å². The van der Waals surface area contributed by atoms with Gasteiger partial charge in [0.2, 0.25) is 0 Å². The van der Waals surface area contributed by atoms with Crippen molar-refractivity contribution in [3.05, 3.63) is 0 Å². The van der Waals surface area contributed by atoms with E-state index in [9.17, 15) is 0 Å². The lowest BCUT2D eigenvalue weighted by atomic mass is 9.87. The van der Waals surface area contributed by atoms with Gasteiger partial charge in [0.05, 0.1) is 0 Å². The molecule has 2 rings (SSSR count). The van der Waals surface area contributed by atoms with Gasteiger partial charge in [0.1, 0.15) is 0 Å². The SMILES string of the molecule is CCC1CCCCC1SCC1CNC1. The second kappa shape index (κ2) is 5.41. The molecular weight excluding hydrogens is 190 g/mol. The maximum atomic E-state index is 3.36. The predicted molar refractivity (Wildman–Crippen MR) is 64.9 cm³/mol. The van der Waals surface area contributed by atoms with Crippen LogP contribution in [0, 0.1) is 11.8 Å². The van der Waals surface area contributed by atoms with Crippen molar-refractivity contribution in [3.8, 4) is 0 Å². The minimum Gasteiger partial charge on any atom is -0.316 e. The van der Waals surface area contributed by atoms with Crippen molar-refractivity contribution in [2.45, 2.75) is 44.3 Å². The van der Waals surface area contributed by atoms with E-state index in [0.717, 1.165) is 17.1 Å². The molecule has 2 aliphatic rings. The monoisotopic (exact) mass is 213 g/mol. The summed E-state index contributed by atoms with van der Waals surface area (Å²) in [7, 11) is 0. The molecule has 2 fully saturated rings. The third kappa shape index (κ3) is 2.66. The summed E-state index contributed by atoms with van der Waals surface area (Å²) in [5, 5.41) is 4.36. The van der Waals surface area contributed by atoms with Crippen LogP contribution in [0.25, 0.3) is 0 Å². The molecule has 2 unspecified atom stereocenters. The number of rotatable bonds is 4. The summed E-state index contributed by atoms with van der Waals surface area (Å²) in [4.78, 5) is 0. The van der Waals surface area contributed by atoms with Gasteiger partial charge in [-0.05, 0) is 43.5 Å². The highest BCUT2D eigenvalue weighted by Gasteiger charge is 2.26. The van der Waals surface area contributed by atoms with Crippen molar-refractivity contribution in [2.24, 2.45) is 11.8 Å². The van der Waals surface area contributed by atoms with E-state index in [0.29, 0.717) is 0 Å². The second-order valence-electron chi connectivity index (χ2n) is 4.85. The van der Waals surface area contributed by atoms with E-state index in [-0.39, 0.29) is 0 Å². The van der Waals surface area contributed by atoms with Gasteiger partial charge in [-0.3, -0.25) is 0 Å². The molecule has 0 aromatic heterocycles. The molecule has 0 bridgehead atoms. The lowest BCUT2D eigenvalue weighted by molar-refractivity contribution is 0.356. The molecule has 14 heavy (non-hydrogen) atoms. The summed E-state index contributed by atoms with van der Waals surface area (Å²) in [6.45, 7) is 4.92. The fourth-order valence-corrected chi connectivity index (χ4v) is 4.28. The molecule has 2 atom stereocenters. The van der Waals surface area contributed by atoms with Crippen LogP contribution < -0.4 is 5.32 Å². The van der Waals surface area contributed by atoms with Gasteiger partial charge in [0.25, 0.3) is 0 Å². The zero-order valence-electron chi connectivity index (χ0n) is 9.30. The molecule has 0 aromatic rings. The first-order valence-electron chi connectivity index (χ1n) is 6.22. The molecule has 0 aromatic carbocycles. The molecule has 0 spiro atoms. The Balaban J connectivity index is 1.70. The molecule has 1 heterocycles. The van der Waals surface area contributed by atoms with Gasteiger partial charge in [0.15, 0.2) is 0 Å². The fraction of sp³-hybridized carbons (Fsp3) is 1.00. The Morgan fingerprint density at radius 1 is 1.21 bits per heavy atom. The zero-order chi connectivity index (χ0) is 9.80. The minimum absolute atomic E-state index is 0.986. The average Bonchev–Trinajstić information content (AvgIpc) is 2.16. The van der Waals surface area contributed by atoms with Crippen molar-refractivity contribution in [3.63, 3.8) is 0 Å². The van der Waals surface area contributed by atoms with Crippen LogP contribution >= 0.6 is 11.8 Å². The topological polar surface area (TPSA) is 12.0 Å². The quantitative estimate of drug-likeness (QED) is 0.770. The van der Waals surface area contributed by atoms with Gasteiger partial charge < -0.3 is 5.32 Å². The third-order valence-corrected chi connectivity index (χ3v) is 5.49. The number of thioether (sulfide) groups is 1. The smallest absolute Gasteiger partial charge is 0.00753 e. The highest BCUT2D eigenvalue weighted by Crippen LogP contribution is 2.36. The third-order valence-electron chi connectivity index (χ3n) is 3.78. The van der Waals surface area contributed by atoms with E-state index in [1.54, 1.807) is 0 Å². The first-order valence-corrected chi connectivity index (χ1v) is 7.27. The van der Waals surface area contributed by atoms with E-state index in [1.807, 2.05) is 0 Å². The van der Waals surface area contributed by atoms with Gasteiger partial charge in [-0.25, -0.2) is 0 Å². The molecule has 0 amide bonds. The number of hydrogen-bond donors (Lipinski definition) is 1. The standard InChI is InChI=1S/C12H23NS/c1-2-11-5-3-4-6-12(11)14-9-10-7-13-8-10/h10-13H,2-9H2,1H3. The Morgan fingerprint density at radius 3 is 2.64 bits per heavy atom. The Bertz CT molecular complexity index is 168. The van der Waals surface area contributed by atoms with Crippen molar-refractivity contribution in [1.29, 1.82) is 0 Å². The van der Waals surface area contributed by atoms with Gasteiger partial charge in [0, 0.05) is 5.25 Å². The van der Waals surface area contributed by atoms with Crippen molar-refractivity contribution in [2.75, 3.05) is 18.8 Å². The lowest BCUT2D eigenvalue weighted by Crippen LogP contribution is -2.43. The Labute approximate surface area is 92.4 Å². The molecule has 0 radical (unpaired) electrons. The van der Waals surface area contributed by atoms with Gasteiger partial charge in [-0.2, -0.15) is 11.8 Å². The molecule has 1 N–H and O–H groups in total. The summed E-state index contributed by atoms with van der Waals surface area (Å²) < 4.78 is 0. The Hall–Kier alpha value is 0.310. The Kier molecular flexibility index (Phi) is 4.18. The highest BCUT2D eigenvalue weighted by molar-refractivity contribution is 7.99. The van der Waals surface area contributed by atoms with Crippen molar-refractivity contribution < 1.29 is 0 Å². The van der Waals surface area contributed by atoms with Crippen LogP contribution in [-0.2, 0) is 0 Å². The van der Waals surface area contributed by atoms with E-state index in [2.05, 4.69) is 24.0 Å². The van der Waals surface area contributed by atoms with Gasteiger partial charge in [-0.15, -0.1) is 0 Å². The van der Waals surface area contributed by atoms with Crippen LogP contribution in [0.15, 0.2) is 0 Å². The van der Waals surface area contributed by atoms with E-state index < -0.39 is 0 Å². The first-order chi connectivity index (χ1) is 6.90. The number of nitrogens with one attached hydrogen (secondary N) is 1. The molecular formula is C12H23NS. The maximum absolute atomic E-state index is 3.36. The van der Waals surface area contributed by atoms with Gasteiger partial charge >= 0.3 is 0 Å². The molecule has 2 heteroatoms. The molecule has 82 valence electrons. The maximum Gasteiger partial charge on any atom is 0.00753 e. The predicted octanol–water partition coefficient (Wildman–Crippen LogP) is 2.91. The summed E-state index contributed by atoms with van der Waals surface area (Å²) >= 11 is 2.27. The molecule has 1 saturated carbocycles. The van der Waals surface area contributed by atoms with Crippen molar-refractivity contribution >= 4 is 11.8 Å². The normalized spacial score (nSPS) is 34.1. The number of hydrogen-bond acceptors (Lipinski definition) is 2. The van der Waals surface area contributed by atoms with E-state index in [4.69, 9.17) is 0 Å². The van der Waals surface area contributed by atoms with E-state index in [1.165, 1.54) is 50.9 Å². The summed E-state index contributed by atoms with van der Waals surface area (Å²) in [5.74, 6) is 3.43. The minimum atomic E-state index is 0.986. The van der Waals surface area contributed by atoms with Crippen LogP contribution in [0.2, 0.25) is 0 Å². The summed E-state index contributed by atoms with van der Waals surface area (Å²) in [6, 6.07) is 0. The van der Waals surface area contributed by atoms with Crippen LogP contribution in [0.1, 0.15) is 39.0 Å². The second-order valence-corrected chi connectivity index (χ2v) is 6.12. The largest absolute Gasteiger partial charge is 0.316 e. The molecule has 1 saturated heterocycles. The van der Waals surface area contributed by atoms with Gasteiger partial charge in [-0.1, -0.05) is 26.2 Å². The van der Waals surface area contributed by atoms with E-state index >= 15 is 0 Å². The van der Waals surface area contributed by atoms with Crippen LogP contribution in [0.3, 0.4) is 0 Å². The van der Waals surface area contributed by atoms with Crippen LogP contribution in [0.5, 0.6) is 0 Å². The van der Waals surface area contributed by atoms with Crippen LogP contribution in [0.4, 0.5) is 0 Å². The lowest BCUT2D eigenvalue weighted by Gasteiger charge is -2.33. The molecule has 1 nitrogen and oxygen atoms in total. The molecule has 1 aliphatic heterocycles. The summed E-state index contributed by atoms with van der Waals surface area (Å²) in [6.07, 6.45) is 7.36. The Morgan fingerprint density at radius 2 is 2.00 bits per heavy atom.